The van der Waals surface area contributed by atoms with Crippen molar-refractivity contribution in [2.75, 3.05) is 13.1 Å². The first-order chi connectivity index (χ1) is 9.88. The highest BCUT2D eigenvalue weighted by molar-refractivity contribution is 7.87. The fourth-order valence-electron chi connectivity index (χ4n) is 2.31. The summed E-state index contributed by atoms with van der Waals surface area (Å²) in [7, 11) is -3.50. The first-order valence-electron chi connectivity index (χ1n) is 6.95. The standard InChI is InChI=1S/C14H20N2O4S/c1-11-5-7-16(8-6-11)21(19,20)15-10-12-3-2-4-13(9-12)14(17)18/h2-4,9,11,15H,5-8,10H2,1H3,(H,17,18). The molecule has 21 heavy (non-hydrogen) atoms. The molecule has 1 saturated heterocycles. The lowest BCUT2D eigenvalue weighted by Gasteiger charge is -2.29. The van der Waals surface area contributed by atoms with Crippen LogP contribution < -0.4 is 4.72 Å². The number of rotatable bonds is 5. The molecular formula is C14H20N2O4S. The fraction of sp³-hybridized carbons (Fsp3) is 0.500. The van der Waals surface area contributed by atoms with Gasteiger partial charge in [0.05, 0.1) is 5.56 Å². The number of benzene rings is 1. The van der Waals surface area contributed by atoms with Gasteiger partial charge < -0.3 is 5.11 Å². The molecule has 0 aromatic heterocycles. The first-order valence-corrected chi connectivity index (χ1v) is 8.39. The molecule has 1 aliphatic heterocycles. The smallest absolute Gasteiger partial charge is 0.335 e. The summed E-state index contributed by atoms with van der Waals surface area (Å²) in [5.74, 6) is -0.464. The highest BCUT2D eigenvalue weighted by atomic mass is 32.2. The predicted molar refractivity (Wildman–Crippen MR) is 79.1 cm³/mol. The Labute approximate surface area is 125 Å². The summed E-state index contributed by atoms with van der Waals surface area (Å²) in [4.78, 5) is 10.9. The van der Waals surface area contributed by atoms with Crippen LogP contribution in [-0.4, -0.2) is 36.9 Å². The van der Waals surface area contributed by atoms with Crippen molar-refractivity contribution in [3.63, 3.8) is 0 Å². The summed E-state index contributed by atoms with van der Waals surface area (Å²) < 4.78 is 28.3. The molecule has 0 amide bonds. The molecule has 1 aromatic rings. The minimum Gasteiger partial charge on any atom is -0.478 e. The number of piperidine rings is 1. The van der Waals surface area contributed by atoms with Crippen molar-refractivity contribution < 1.29 is 18.3 Å². The van der Waals surface area contributed by atoms with Crippen LogP contribution in [0.2, 0.25) is 0 Å². The van der Waals surface area contributed by atoms with Crippen LogP contribution in [0.25, 0.3) is 0 Å². The van der Waals surface area contributed by atoms with E-state index in [1.54, 1.807) is 12.1 Å². The number of carboxylic acid groups (broad SMARTS) is 1. The lowest BCUT2D eigenvalue weighted by atomic mass is 10.0. The number of carbonyl (C=O) groups is 1. The third-order valence-electron chi connectivity index (χ3n) is 3.72. The van der Waals surface area contributed by atoms with Crippen LogP contribution in [0, 0.1) is 5.92 Å². The maximum absolute atomic E-state index is 12.2. The van der Waals surface area contributed by atoms with Crippen LogP contribution in [0.1, 0.15) is 35.7 Å². The number of nitrogens with zero attached hydrogens (tertiary/aromatic N) is 1. The van der Waals surface area contributed by atoms with Crippen molar-refractivity contribution in [3.05, 3.63) is 35.4 Å². The largest absolute Gasteiger partial charge is 0.478 e. The monoisotopic (exact) mass is 312 g/mol. The molecule has 2 N–H and O–H groups in total. The van der Waals surface area contributed by atoms with Crippen molar-refractivity contribution in [3.8, 4) is 0 Å². The van der Waals surface area contributed by atoms with Gasteiger partial charge in [-0.2, -0.15) is 17.4 Å². The van der Waals surface area contributed by atoms with E-state index in [-0.39, 0.29) is 12.1 Å². The van der Waals surface area contributed by atoms with Gasteiger partial charge >= 0.3 is 5.97 Å². The molecule has 0 atom stereocenters. The van der Waals surface area contributed by atoms with Crippen molar-refractivity contribution >= 4 is 16.2 Å². The quantitative estimate of drug-likeness (QED) is 0.861. The fourth-order valence-corrected chi connectivity index (χ4v) is 3.53. The van der Waals surface area contributed by atoms with Crippen LogP contribution in [0.5, 0.6) is 0 Å². The Morgan fingerprint density at radius 2 is 2.05 bits per heavy atom. The third-order valence-corrected chi connectivity index (χ3v) is 5.27. The lowest BCUT2D eigenvalue weighted by Crippen LogP contribution is -2.44. The van der Waals surface area contributed by atoms with Gasteiger partial charge in [-0.15, -0.1) is 0 Å². The molecule has 116 valence electrons. The molecule has 1 aromatic carbocycles. The Bertz CT molecular complexity index is 607. The molecular weight excluding hydrogens is 292 g/mol. The molecule has 2 rings (SSSR count). The minimum absolute atomic E-state index is 0.0928. The zero-order chi connectivity index (χ0) is 15.5. The Hall–Kier alpha value is -1.44. The zero-order valence-electron chi connectivity index (χ0n) is 11.9. The lowest BCUT2D eigenvalue weighted by molar-refractivity contribution is 0.0696. The minimum atomic E-state index is -3.50. The van der Waals surface area contributed by atoms with E-state index in [1.165, 1.54) is 16.4 Å². The number of hydrogen-bond acceptors (Lipinski definition) is 3. The van der Waals surface area contributed by atoms with Gasteiger partial charge in [0.25, 0.3) is 10.2 Å². The van der Waals surface area contributed by atoms with E-state index < -0.39 is 16.2 Å². The van der Waals surface area contributed by atoms with Gasteiger partial charge in [0.1, 0.15) is 0 Å². The number of hydrogen-bond donors (Lipinski definition) is 2. The summed E-state index contributed by atoms with van der Waals surface area (Å²) in [6.45, 7) is 3.28. The van der Waals surface area contributed by atoms with Crippen LogP contribution in [0.3, 0.4) is 0 Å². The molecule has 0 spiro atoms. The zero-order valence-corrected chi connectivity index (χ0v) is 12.8. The van der Waals surface area contributed by atoms with E-state index in [2.05, 4.69) is 11.6 Å². The maximum atomic E-state index is 12.2. The summed E-state index contributed by atoms with van der Waals surface area (Å²) in [6, 6.07) is 6.26. The highest BCUT2D eigenvalue weighted by Gasteiger charge is 2.25. The molecule has 1 aliphatic rings. The SMILES string of the molecule is CC1CCN(S(=O)(=O)NCc2cccc(C(=O)O)c2)CC1. The van der Waals surface area contributed by atoms with Gasteiger partial charge in [0.15, 0.2) is 0 Å². The number of carboxylic acids is 1. The molecule has 0 unspecified atom stereocenters. The summed E-state index contributed by atoms with van der Waals surface area (Å²) in [5.41, 5.74) is 0.780. The van der Waals surface area contributed by atoms with Gasteiger partial charge in [-0.1, -0.05) is 19.1 Å². The molecule has 0 saturated carbocycles. The number of nitrogens with one attached hydrogen (secondary N) is 1. The summed E-state index contributed by atoms with van der Waals surface area (Å²) in [5, 5.41) is 8.92. The molecule has 0 radical (unpaired) electrons. The second-order valence-electron chi connectivity index (χ2n) is 5.41. The van der Waals surface area contributed by atoms with Gasteiger partial charge in [-0.05, 0) is 36.5 Å². The highest BCUT2D eigenvalue weighted by Crippen LogP contribution is 2.18. The Morgan fingerprint density at radius 1 is 1.38 bits per heavy atom. The van der Waals surface area contributed by atoms with E-state index in [0.29, 0.717) is 24.6 Å². The van der Waals surface area contributed by atoms with Crippen LogP contribution >= 0.6 is 0 Å². The summed E-state index contributed by atoms with van der Waals surface area (Å²) >= 11 is 0. The average Bonchev–Trinajstić information content (AvgIpc) is 2.46. The van der Waals surface area contributed by atoms with Gasteiger partial charge in [-0.25, -0.2) is 4.79 Å². The van der Waals surface area contributed by atoms with E-state index >= 15 is 0 Å². The van der Waals surface area contributed by atoms with Crippen LogP contribution in [0.15, 0.2) is 24.3 Å². The Balaban J connectivity index is 1.98. The Morgan fingerprint density at radius 3 is 2.67 bits per heavy atom. The second kappa shape index (κ2) is 6.55. The number of aromatic carboxylic acids is 1. The molecule has 6 nitrogen and oxygen atoms in total. The third kappa shape index (κ3) is 4.26. The second-order valence-corrected chi connectivity index (χ2v) is 7.17. The average molecular weight is 312 g/mol. The predicted octanol–water partition coefficient (Wildman–Crippen LogP) is 1.45. The maximum Gasteiger partial charge on any atom is 0.335 e. The molecule has 0 aliphatic carbocycles. The molecule has 1 heterocycles. The first kappa shape index (κ1) is 15.9. The van der Waals surface area contributed by atoms with Crippen molar-refractivity contribution in [1.29, 1.82) is 0 Å². The van der Waals surface area contributed by atoms with E-state index in [0.717, 1.165) is 12.8 Å². The van der Waals surface area contributed by atoms with Gasteiger partial charge in [0, 0.05) is 19.6 Å². The van der Waals surface area contributed by atoms with Gasteiger partial charge in [-0.3, -0.25) is 0 Å². The van der Waals surface area contributed by atoms with Crippen molar-refractivity contribution in [1.82, 2.24) is 9.03 Å². The van der Waals surface area contributed by atoms with E-state index in [4.69, 9.17) is 5.11 Å². The van der Waals surface area contributed by atoms with E-state index in [9.17, 15) is 13.2 Å². The van der Waals surface area contributed by atoms with E-state index in [1.807, 2.05) is 0 Å². The topological polar surface area (TPSA) is 86.7 Å². The normalized spacial score (nSPS) is 17.8. The summed E-state index contributed by atoms with van der Waals surface area (Å²) in [6.07, 6.45) is 1.74. The van der Waals surface area contributed by atoms with Crippen molar-refractivity contribution in [2.45, 2.75) is 26.3 Å². The van der Waals surface area contributed by atoms with Gasteiger partial charge in [0.2, 0.25) is 0 Å². The van der Waals surface area contributed by atoms with Crippen LogP contribution in [0.4, 0.5) is 0 Å². The van der Waals surface area contributed by atoms with Crippen LogP contribution in [-0.2, 0) is 16.8 Å². The van der Waals surface area contributed by atoms with Crippen molar-refractivity contribution in [2.24, 2.45) is 5.92 Å². The molecule has 0 bridgehead atoms. The molecule has 1 fully saturated rings. The Kier molecular flexibility index (Phi) is 4.97. The molecule has 7 heteroatoms.